The van der Waals surface area contributed by atoms with Crippen LogP contribution < -0.4 is 11.1 Å². The van der Waals surface area contributed by atoms with Gasteiger partial charge in [0.1, 0.15) is 5.75 Å². The normalized spacial score (nSPS) is 10.2. The maximum absolute atomic E-state index is 11.9. The van der Waals surface area contributed by atoms with Crippen molar-refractivity contribution in [1.82, 2.24) is 0 Å². The lowest BCUT2D eigenvalue weighted by atomic mass is 10.2. The van der Waals surface area contributed by atoms with Gasteiger partial charge >= 0.3 is 5.97 Å². The van der Waals surface area contributed by atoms with E-state index in [9.17, 15) is 9.59 Å². The standard InChI is InChI=1S/C15H12Cl2N2O4/c16-8-5-11(14(18)12(17)6-8)15(22)23-7-13(21)19-9-1-3-10(20)4-2-9/h1-6,20H,7,18H2,(H,19,21). The molecular weight excluding hydrogens is 343 g/mol. The lowest BCUT2D eigenvalue weighted by Gasteiger charge is -2.09. The van der Waals surface area contributed by atoms with Gasteiger partial charge in [-0.05, 0) is 36.4 Å². The Hall–Kier alpha value is -2.44. The van der Waals surface area contributed by atoms with Crippen molar-refractivity contribution in [1.29, 1.82) is 0 Å². The van der Waals surface area contributed by atoms with Crippen LogP contribution in [-0.4, -0.2) is 23.6 Å². The van der Waals surface area contributed by atoms with E-state index >= 15 is 0 Å². The van der Waals surface area contributed by atoms with Crippen LogP contribution in [0.1, 0.15) is 10.4 Å². The van der Waals surface area contributed by atoms with Gasteiger partial charge in [-0.2, -0.15) is 0 Å². The van der Waals surface area contributed by atoms with Crippen molar-refractivity contribution in [2.75, 3.05) is 17.7 Å². The number of ether oxygens (including phenoxy) is 1. The molecule has 0 saturated heterocycles. The molecule has 120 valence electrons. The van der Waals surface area contributed by atoms with Crippen LogP contribution in [-0.2, 0) is 9.53 Å². The smallest absolute Gasteiger partial charge is 0.340 e. The van der Waals surface area contributed by atoms with Crippen LogP contribution in [0.4, 0.5) is 11.4 Å². The van der Waals surface area contributed by atoms with Crippen LogP contribution in [0.5, 0.6) is 5.75 Å². The second kappa shape index (κ2) is 7.21. The van der Waals surface area contributed by atoms with Crippen molar-refractivity contribution in [3.63, 3.8) is 0 Å². The van der Waals surface area contributed by atoms with Gasteiger partial charge in [-0.15, -0.1) is 0 Å². The highest BCUT2D eigenvalue weighted by atomic mass is 35.5. The van der Waals surface area contributed by atoms with Gasteiger partial charge in [-0.3, -0.25) is 4.79 Å². The van der Waals surface area contributed by atoms with E-state index in [0.717, 1.165) is 0 Å². The average Bonchev–Trinajstić information content (AvgIpc) is 2.50. The molecule has 2 rings (SSSR count). The molecule has 0 aliphatic heterocycles. The topological polar surface area (TPSA) is 102 Å². The summed E-state index contributed by atoms with van der Waals surface area (Å²) in [6.45, 7) is -0.511. The molecule has 1 amide bonds. The monoisotopic (exact) mass is 354 g/mol. The van der Waals surface area contributed by atoms with E-state index in [1.807, 2.05) is 0 Å². The van der Waals surface area contributed by atoms with Gasteiger partial charge in [-0.25, -0.2) is 4.79 Å². The van der Waals surface area contributed by atoms with Gasteiger partial charge in [0, 0.05) is 10.7 Å². The zero-order valence-electron chi connectivity index (χ0n) is 11.7. The zero-order chi connectivity index (χ0) is 17.0. The molecule has 8 heteroatoms. The molecule has 0 heterocycles. The first-order valence-corrected chi connectivity index (χ1v) is 7.13. The second-order valence-electron chi connectivity index (χ2n) is 4.52. The van der Waals surface area contributed by atoms with E-state index in [-0.39, 0.29) is 27.0 Å². The number of phenolic OH excluding ortho intramolecular Hbond substituents is 1. The van der Waals surface area contributed by atoms with Crippen molar-refractivity contribution in [2.45, 2.75) is 0 Å². The van der Waals surface area contributed by atoms with Crippen molar-refractivity contribution in [3.05, 3.63) is 52.0 Å². The molecule has 0 radical (unpaired) electrons. The minimum atomic E-state index is -0.812. The quantitative estimate of drug-likeness (QED) is 0.444. The lowest BCUT2D eigenvalue weighted by molar-refractivity contribution is -0.119. The van der Waals surface area contributed by atoms with Gasteiger partial charge < -0.3 is 20.9 Å². The Bertz CT molecular complexity index is 748. The highest BCUT2D eigenvalue weighted by Crippen LogP contribution is 2.28. The van der Waals surface area contributed by atoms with Crippen molar-refractivity contribution in [2.24, 2.45) is 0 Å². The number of nitrogens with one attached hydrogen (secondary N) is 1. The number of hydrogen-bond donors (Lipinski definition) is 3. The summed E-state index contributed by atoms with van der Waals surface area (Å²) in [4.78, 5) is 23.7. The Morgan fingerprint density at radius 1 is 1.17 bits per heavy atom. The molecular formula is C15H12Cl2N2O4. The van der Waals surface area contributed by atoms with Crippen LogP contribution in [0.2, 0.25) is 10.0 Å². The molecule has 0 atom stereocenters. The van der Waals surface area contributed by atoms with Crippen LogP contribution in [0.25, 0.3) is 0 Å². The third-order valence-corrected chi connectivity index (χ3v) is 3.33. The first-order valence-electron chi connectivity index (χ1n) is 6.37. The number of benzene rings is 2. The summed E-state index contributed by atoms with van der Waals surface area (Å²) in [7, 11) is 0. The summed E-state index contributed by atoms with van der Waals surface area (Å²) in [5.74, 6) is -1.29. The van der Waals surface area contributed by atoms with E-state index in [1.165, 1.54) is 36.4 Å². The van der Waals surface area contributed by atoms with E-state index < -0.39 is 18.5 Å². The van der Waals surface area contributed by atoms with Crippen molar-refractivity contribution >= 4 is 46.5 Å². The predicted octanol–water partition coefficient (Wildman–Crippen LogP) is 3.08. The Morgan fingerprint density at radius 2 is 1.83 bits per heavy atom. The largest absolute Gasteiger partial charge is 0.508 e. The minimum absolute atomic E-state index is 0.0140. The Labute approximate surface area is 141 Å². The first kappa shape index (κ1) is 16.9. The lowest BCUT2D eigenvalue weighted by Crippen LogP contribution is -2.21. The Kier molecular flexibility index (Phi) is 5.31. The predicted molar refractivity (Wildman–Crippen MR) is 87.9 cm³/mol. The molecule has 0 fully saturated rings. The fraction of sp³-hybridized carbons (Fsp3) is 0.0667. The molecule has 0 aliphatic carbocycles. The molecule has 23 heavy (non-hydrogen) atoms. The van der Waals surface area contributed by atoms with Crippen LogP contribution in [0, 0.1) is 0 Å². The Morgan fingerprint density at radius 3 is 2.48 bits per heavy atom. The maximum Gasteiger partial charge on any atom is 0.340 e. The SMILES string of the molecule is Nc1c(Cl)cc(Cl)cc1C(=O)OCC(=O)Nc1ccc(O)cc1. The number of amides is 1. The van der Waals surface area contributed by atoms with E-state index in [2.05, 4.69) is 5.32 Å². The highest BCUT2D eigenvalue weighted by Gasteiger charge is 2.16. The van der Waals surface area contributed by atoms with Crippen molar-refractivity contribution in [3.8, 4) is 5.75 Å². The zero-order valence-corrected chi connectivity index (χ0v) is 13.2. The fourth-order valence-electron chi connectivity index (χ4n) is 1.70. The van der Waals surface area contributed by atoms with E-state index in [4.69, 9.17) is 38.8 Å². The van der Waals surface area contributed by atoms with Crippen LogP contribution in [0.3, 0.4) is 0 Å². The first-order chi connectivity index (χ1) is 10.9. The third-order valence-electron chi connectivity index (χ3n) is 2.80. The molecule has 2 aromatic carbocycles. The summed E-state index contributed by atoms with van der Waals surface area (Å²) in [6, 6.07) is 8.54. The maximum atomic E-state index is 11.9. The molecule has 2 aromatic rings. The van der Waals surface area contributed by atoms with Crippen LogP contribution in [0.15, 0.2) is 36.4 Å². The number of anilines is 2. The summed E-state index contributed by atoms with van der Waals surface area (Å²) in [6.07, 6.45) is 0. The number of halogens is 2. The van der Waals surface area contributed by atoms with Gasteiger partial charge in [0.25, 0.3) is 5.91 Å². The number of hydrogen-bond acceptors (Lipinski definition) is 5. The van der Waals surface area contributed by atoms with Gasteiger partial charge in [-0.1, -0.05) is 23.2 Å². The molecule has 0 saturated carbocycles. The van der Waals surface area contributed by atoms with Gasteiger partial charge in [0.15, 0.2) is 6.61 Å². The molecule has 0 aromatic heterocycles. The van der Waals surface area contributed by atoms with Crippen molar-refractivity contribution < 1.29 is 19.4 Å². The summed E-state index contributed by atoms with van der Waals surface area (Å²) in [5, 5.41) is 12.0. The van der Waals surface area contributed by atoms with Gasteiger partial charge in [0.05, 0.1) is 16.3 Å². The highest BCUT2D eigenvalue weighted by molar-refractivity contribution is 6.37. The summed E-state index contributed by atoms with van der Waals surface area (Å²) >= 11 is 11.6. The fourth-order valence-corrected chi connectivity index (χ4v) is 2.20. The molecule has 0 unspecified atom stereocenters. The number of nitrogen functional groups attached to an aromatic ring is 1. The number of rotatable bonds is 4. The number of phenols is 1. The Balaban J connectivity index is 1.96. The number of nitrogens with two attached hydrogens (primary N) is 1. The molecule has 0 spiro atoms. The number of carbonyl (C=O) groups is 2. The molecule has 6 nitrogen and oxygen atoms in total. The van der Waals surface area contributed by atoms with Crippen LogP contribution >= 0.6 is 23.2 Å². The molecule has 0 bridgehead atoms. The number of carbonyl (C=O) groups excluding carboxylic acids is 2. The van der Waals surface area contributed by atoms with Gasteiger partial charge in [0.2, 0.25) is 0 Å². The molecule has 4 N–H and O–H groups in total. The number of esters is 1. The third kappa shape index (κ3) is 4.51. The second-order valence-corrected chi connectivity index (χ2v) is 5.36. The van der Waals surface area contributed by atoms with E-state index in [1.54, 1.807) is 0 Å². The average molecular weight is 355 g/mol. The molecule has 0 aliphatic rings. The number of aromatic hydroxyl groups is 1. The summed E-state index contributed by atoms with van der Waals surface area (Å²) in [5.41, 5.74) is 6.15. The minimum Gasteiger partial charge on any atom is -0.508 e. The van der Waals surface area contributed by atoms with E-state index in [0.29, 0.717) is 5.69 Å². The summed E-state index contributed by atoms with van der Waals surface area (Å²) < 4.78 is 4.88.